The highest BCUT2D eigenvalue weighted by Gasteiger charge is 2.42. The third-order valence-electron chi connectivity index (χ3n) is 5.70. The van der Waals surface area contributed by atoms with Gasteiger partial charge >= 0.3 is 0 Å². The van der Waals surface area contributed by atoms with Crippen LogP contribution in [-0.2, 0) is 14.3 Å². The second-order valence-corrected chi connectivity index (χ2v) is 8.52. The van der Waals surface area contributed by atoms with Crippen molar-refractivity contribution in [3.63, 3.8) is 0 Å². The zero-order valence-corrected chi connectivity index (χ0v) is 18.0. The van der Waals surface area contributed by atoms with Crippen molar-refractivity contribution in [1.82, 2.24) is 9.80 Å². The Bertz CT molecular complexity index is 734. The van der Waals surface area contributed by atoms with E-state index >= 15 is 0 Å². The van der Waals surface area contributed by atoms with E-state index in [9.17, 15) is 9.59 Å². The number of rotatable bonds is 9. The number of carbonyl (C=O) groups excluding carboxylic acids is 2. The predicted octanol–water partition coefficient (Wildman–Crippen LogP) is 3.95. The highest BCUT2D eigenvalue weighted by molar-refractivity contribution is 6.35. The van der Waals surface area contributed by atoms with Crippen LogP contribution in [0.3, 0.4) is 0 Å². The number of likely N-dealkylation sites (tertiary alicyclic amines) is 1. The second-order valence-electron chi connectivity index (χ2n) is 8.52. The summed E-state index contributed by atoms with van der Waals surface area (Å²) in [6, 6.07) is 9.62. The number of hydrogen-bond acceptors (Lipinski definition) is 4. The van der Waals surface area contributed by atoms with E-state index in [0.717, 1.165) is 44.5 Å². The molecule has 5 nitrogen and oxygen atoms in total. The summed E-state index contributed by atoms with van der Waals surface area (Å²) in [5.41, 5.74) is 1.98. The molecule has 2 atom stereocenters. The van der Waals surface area contributed by atoms with Gasteiger partial charge in [-0.1, -0.05) is 57.5 Å². The van der Waals surface area contributed by atoms with Crippen LogP contribution in [0.4, 0.5) is 0 Å². The summed E-state index contributed by atoms with van der Waals surface area (Å²) >= 11 is 0. The Morgan fingerprint density at radius 1 is 0.966 bits per heavy atom. The maximum atomic E-state index is 13.3. The maximum Gasteiger partial charge on any atom is 0.277 e. The van der Waals surface area contributed by atoms with Crippen molar-refractivity contribution in [2.45, 2.75) is 46.5 Å². The van der Waals surface area contributed by atoms with Gasteiger partial charge in [0.1, 0.15) is 5.70 Å². The monoisotopic (exact) mass is 398 g/mol. The quantitative estimate of drug-likeness (QED) is 0.467. The van der Waals surface area contributed by atoms with Gasteiger partial charge in [-0.25, -0.2) is 0 Å². The zero-order chi connectivity index (χ0) is 20.8. The first-order chi connectivity index (χ1) is 14.0. The molecule has 1 aromatic rings. The maximum absolute atomic E-state index is 13.3. The van der Waals surface area contributed by atoms with Gasteiger partial charge in [0.25, 0.3) is 11.8 Å². The average molecular weight is 399 g/mol. The number of benzene rings is 1. The largest absolute Gasteiger partial charge is 0.381 e. The highest BCUT2D eigenvalue weighted by Crippen LogP contribution is 2.35. The van der Waals surface area contributed by atoms with Crippen LogP contribution in [0, 0.1) is 11.8 Å². The van der Waals surface area contributed by atoms with E-state index in [-0.39, 0.29) is 11.8 Å². The van der Waals surface area contributed by atoms with E-state index in [2.05, 4.69) is 25.7 Å². The predicted molar refractivity (Wildman–Crippen MR) is 115 cm³/mol. The Labute approximate surface area is 174 Å². The minimum atomic E-state index is -0.171. The Morgan fingerprint density at radius 2 is 1.62 bits per heavy atom. The Kier molecular flexibility index (Phi) is 7.48. The molecule has 0 aromatic heterocycles. The van der Waals surface area contributed by atoms with Crippen molar-refractivity contribution < 1.29 is 14.3 Å². The lowest BCUT2D eigenvalue weighted by molar-refractivity contribution is -0.137. The zero-order valence-electron chi connectivity index (χ0n) is 18.0. The van der Waals surface area contributed by atoms with Gasteiger partial charge in [-0.15, -0.1) is 0 Å². The van der Waals surface area contributed by atoms with Crippen LogP contribution >= 0.6 is 0 Å². The Morgan fingerprint density at radius 3 is 2.28 bits per heavy atom. The smallest absolute Gasteiger partial charge is 0.277 e. The summed E-state index contributed by atoms with van der Waals surface area (Å²) in [7, 11) is 0. The van der Waals surface area contributed by atoms with E-state index in [0.29, 0.717) is 42.7 Å². The molecule has 29 heavy (non-hydrogen) atoms. The molecule has 2 amide bonds. The summed E-state index contributed by atoms with van der Waals surface area (Å²) in [5, 5.41) is 0. The SMILES string of the molecule is CCCCOCCCN1C(=O)C(c2ccccc2)=C(N2CC(C)CC(C)C2)C1=O. The van der Waals surface area contributed by atoms with E-state index in [1.54, 1.807) is 0 Å². The molecule has 0 N–H and O–H groups in total. The van der Waals surface area contributed by atoms with Crippen LogP contribution in [0.1, 0.15) is 52.0 Å². The number of nitrogens with zero attached hydrogens (tertiary/aromatic N) is 2. The number of carbonyl (C=O) groups is 2. The summed E-state index contributed by atoms with van der Waals surface area (Å²) in [6.07, 6.45) is 3.97. The van der Waals surface area contributed by atoms with Gasteiger partial charge in [-0.05, 0) is 36.7 Å². The first-order valence-corrected chi connectivity index (χ1v) is 11.0. The first kappa shape index (κ1) is 21.6. The average Bonchev–Trinajstić information content (AvgIpc) is 2.95. The summed E-state index contributed by atoms with van der Waals surface area (Å²) < 4.78 is 5.61. The molecule has 0 aliphatic carbocycles. The third kappa shape index (κ3) is 5.08. The standard InChI is InChI=1S/C24H34N2O3/c1-4-5-13-29-14-9-12-26-23(27)21(20-10-7-6-8-11-20)22(24(26)28)25-16-18(2)15-19(3)17-25/h6-8,10-11,18-19H,4-5,9,12-17H2,1-3H3. The Hall–Kier alpha value is -2.14. The van der Waals surface area contributed by atoms with Crippen molar-refractivity contribution in [3.8, 4) is 0 Å². The van der Waals surface area contributed by atoms with Crippen molar-refractivity contribution >= 4 is 17.4 Å². The highest BCUT2D eigenvalue weighted by atomic mass is 16.5. The van der Waals surface area contributed by atoms with Crippen molar-refractivity contribution in [3.05, 3.63) is 41.6 Å². The molecular weight excluding hydrogens is 364 g/mol. The number of ether oxygens (including phenoxy) is 1. The fourth-order valence-electron chi connectivity index (χ4n) is 4.44. The molecule has 0 radical (unpaired) electrons. The van der Waals surface area contributed by atoms with Crippen LogP contribution in [-0.4, -0.2) is 54.5 Å². The van der Waals surface area contributed by atoms with Gasteiger partial charge < -0.3 is 9.64 Å². The molecule has 0 saturated carbocycles. The molecular formula is C24H34N2O3. The van der Waals surface area contributed by atoms with Crippen LogP contribution < -0.4 is 0 Å². The fraction of sp³-hybridized carbons (Fsp3) is 0.583. The van der Waals surface area contributed by atoms with Crippen molar-refractivity contribution in [2.75, 3.05) is 32.8 Å². The number of unbranched alkanes of at least 4 members (excludes halogenated alkanes) is 1. The molecule has 2 unspecified atom stereocenters. The van der Waals surface area contributed by atoms with Gasteiger partial charge in [-0.3, -0.25) is 14.5 Å². The Balaban J connectivity index is 1.80. The lowest BCUT2D eigenvalue weighted by atomic mass is 9.91. The number of amides is 2. The van der Waals surface area contributed by atoms with Gasteiger partial charge in [0.15, 0.2) is 0 Å². The van der Waals surface area contributed by atoms with E-state index in [4.69, 9.17) is 4.74 Å². The molecule has 0 bridgehead atoms. The summed E-state index contributed by atoms with van der Waals surface area (Å²) in [4.78, 5) is 30.2. The first-order valence-electron chi connectivity index (χ1n) is 11.0. The normalized spacial score (nSPS) is 22.7. The third-order valence-corrected chi connectivity index (χ3v) is 5.70. The fourth-order valence-corrected chi connectivity index (χ4v) is 4.44. The van der Waals surface area contributed by atoms with Crippen LogP contribution in [0.25, 0.3) is 5.57 Å². The number of imide groups is 1. The van der Waals surface area contributed by atoms with E-state index in [1.165, 1.54) is 4.90 Å². The molecule has 1 fully saturated rings. The molecule has 2 heterocycles. The minimum Gasteiger partial charge on any atom is -0.381 e. The molecule has 1 aromatic carbocycles. The lowest BCUT2D eigenvalue weighted by Crippen LogP contribution is -2.42. The van der Waals surface area contributed by atoms with Gasteiger partial charge in [-0.2, -0.15) is 0 Å². The van der Waals surface area contributed by atoms with E-state index in [1.807, 2.05) is 30.3 Å². The molecule has 2 aliphatic heterocycles. The van der Waals surface area contributed by atoms with Crippen LogP contribution in [0.5, 0.6) is 0 Å². The van der Waals surface area contributed by atoms with Crippen LogP contribution in [0.15, 0.2) is 36.0 Å². The molecule has 1 saturated heterocycles. The molecule has 5 heteroatoms. The summed E-state index contributed by atoms with van der Waals surface area (Å²) in [6.45, 7) is 9.93. The van der Waals surface area contributed by atoms with Crippen LogP contribution in [0.2, 0.25) is 0 Å². The van der Waals surface area contributed by atoms with Gasteiger partial charge in [0, 0.05) is 32.8 Å². The lowest BCUT2D eigenvalue weighted by Gasteiger charge is -2.37. The van der Waals surface area contributed by atoms with Gasteiger partial charge in [0.2, 0.25) is 0 Å². The molecule has 2 aliphatic rings. The molecule has 0 spiro atoms. The topological polar surface area (TPSA) is 49.9 Å². The van der Waals surface area contributed by atoms with Crippen molar-refractivity contribution in [1.29, 1.82) is 0 Å². The number of hydrogen-bond donors (Lipinski definition) is 0. The minimum absolute atomic E-state index is 0.149. The second kappa shape index (κ2) is 10.1. The summed E-state index contributed by atoms with van der Waals surface area (Å²) in [5.74, 6) is 0.693. The van der Waals surface area contributed by atoms with Gasteiger partial charge in [0.05, 0.1) is 5.57 Å². The molecule has 158 valence electrons. The van der Waals surface area contributed by atoms with Crippen molar-refractivity contribution in [2.24, 2.45) is 11.8 Å². The van der Waals surface area contributed by atoms with E-state index < -0.39 is 0 Å². The molecule has 3 rings (SSSR count). The number of piperidine rings is 1.